The summed E-state index contributed by atoms with van der Waals surface area (Å²) in [7, 11) is 0. The van der Waals surface area contributed by atoms with Crippen molar-refractivity contribution in [2.75, 3.05) is 13.2 Å². The molecule has 6 rings (SSSR count). The lowest BCUT2D eigenvalue weighted by molar-refractivity contribution is -0.187. The van der Waals surface area contributed by atoms with Crippen molar-refractivity contribution in [2.24, 2.45) is 5.41 Å². The Labute approximate surface area is 257 Å². The number of ether oxygens (including phenoxy) is 3. The second-order valence-electron chi connectivity index (χ2n) is 12.2. The van der Waals surface area contributed by atoms with E-state index in [9.17, 15) is 4.79 Å². The molecule has 1 unspecified atom stereocenters. The molecule has 7 heteroatoms. The van der Waals surface area contributed by atoms with Crippen LogP contribution in [-0.4, -0.2) is 35.4 Å². The van der Waals surface area contributed by atoms with Gasteiger partial charge < -0.3 is 14.2 Å². The molecule has 0 bridgehead atoms. The maximum atomic E-state index is 13.1. The highest BCUT2D eigenvalue weighted by Gasteiger charge is 2.29. The van der Waals surface area contributed by atoms with Crippen molar-refractivity contribution in [1.29, 1.82) is 0 Å². The fraction of sp³-hybridized carbons (Fsp3) is 0.361. The summed E-state index contributed by atoms with van der Waals surface area (Å²) in [6.07, 6.45) is 4.31. The van der Waals surface area contributed by atoms with E-state index in [1.807, 2.05) is 33.0 Å². The first-order valence-electron chi connectivity index (χ1n) is 15.1. The number of pyridine rings is 2. The smallest absolute Gasteiger partial charge is 0.313 e. The average Bonchev–Trinajstić information content (AvgIpc) is 3.53. The average molecular weight is 595 g/mol. The normalized spacial score (nSPS) is 13.7. The fourth-order valence-electron chi connectivity index (χ4n) is 5.64. The van der Waals surface area contributed by atoms with Gasteiger partial charge in [0.25, 0.3) is 0 Å². The highest BCUT2D eigenvalue weighted by Crippen LogP contribution is 2.43. The van der Waals surface area contributed by atoms with Crippen LogP contribution < -0.4 is 4.74 Å². The molecule has 5 aromatic rings. The van der Waals surface area contributed by atoms with Gasteiger partial charge in [-0.3, -0.25) is 9.78 Å². The monoisotopic (exact) mass is 594 g/mol. The Bertz CT molecular complexity index is 1780. The molecule has 1 atom stereocenters. The molecule has 0 N–H and O–H groups in total. The lowest BCUT2D eigenvalue weighted by atomic mass is 9.87. The molecular formula is C36H38N2O4S. The maximum absolute atomic E-state index is 13.1. The van der Waals surface area contributed by atoms with E-state index in [1.54, 1.807) is 11.3 Å². The van der Waals surface area contributed by atoms with E-state index in [2.05, 4.69) is 61.7 Å². The summed E-state index contributed by atoms with van der Waals surface area (Å²) in [5.74, 6) is 0.584. The minimum atomic E-state index is -0.720. The van der Waals surface area contributed by atoms with Crippen molar-refractivity contribution in [1.82, 2.24) is 9.97 Å². The molecule has 3 aromatic heterocycles. The van der Waals surface area contributed by atoms with Crippen LogP contribution >= 0.6 is 11.3 Å². The minimum absolute atomic E-state index is 0.281. The summed E-state index contributed by atoms with van der Waals surface area (Å²) in [5, 5.41) is 4.15. The summed E-state index contributed by atoms with van der Waals surface area (Å²) >= 11 is 1.68. The van der Waals surface area contributed by atoms with Gasteiger partial charge in [-0.15, -0.1) is 11.3 Å². The Kier molecular flexibility index (Phi) is 8.21. The first-order chi connectivity index (χ1) is 20.7. The number of carbonyl (C=O) groups is 1. The number of esters is 1. The van der Waals surface area contributed by atoms with Gasteiger partial charge in [0.2, 0.25) is 6.29 Å². The zero-order valence-electron chi connectivity index (χ0n) is 25.5. The molecule has 0 fully saturated rings. The van der Waals surface area contributed by atoms with Crippen LogP contribution in [0.25, 0.3) is 43.5 Å². The molecule has 2 aromatic carbocycles. The summed E-state index contributed by atoms with van der Waals surface area (Å²) < 4.78 is 18.3. The second-order valence-corrected chi connectivity index (χ2v) is 13.2. The van der Waals surface area contributed by atoms with Crippen molar-refractivity contribution < 1.29 is 19.0 Å². The largest absolute Gasteiger partial charge is 0.493 e. The van der Waals surface area contributed by atoms with E-state index in [4.69, 9.17) is 24.2 Å². The summed E-state index contributed by atoms with van der Waals surface area (Å²) in [4.78, 5) is 24.2. The van der Waals surface area contributed by atoms with Crippen molar-refractivity contribution in [2.45, 2.75) is 66.6 Å². The predicted molar refractivity (Wildman–Crippen MR) is 174 cm³/mol. The van der Waals surface area contributed by atoms with Crippen LogP contribution in [0, 0.1) is 12.3 Å². The number of aromatic nitrogens is 2. The molecule has 0 aliphatic carbocycles. The highest BCUT2D eigenvalue weighted by atomic mass is 32.1. The van der Waals surface area contributed by atoms with Crippen LogP contribution in [0.5, 0.6) is 5.75 Å². The van der Waals surface area contributed by atoms with Gasteiger partial charge in [0.15, 0.2) is 0 Å². The number of hydrogen-bond acceptors (Lipinski definition) is 7. The molecule has 1 aliphatic heterocycles. The standard InChI is InChI=1S/C36H38N2O4S/c1-6-7-17-41-31(42-35(39)36(3,4)5)21-26-22(2)20-28-24(10-12-27(38-28)30-9-8-19-43-30)33(26)25-11-13-29-32-23(15-18-40-29)14-16-37-34(25)32/h8-14,16,19-20,31H,6-7,15,17-18,21H2,1-5H3. The fourth-order valence-corrected chi connectivity index (χ4v) is 6.34. The highest BCUT2D eigenvalue weighted by molar-refractivity contribution is 7.13. The van der Waals surface area contributed by atoms with E-state index < -0.39 is 11.7 Å². The first kappa shape index (κ1) is 29.3. The van der Waals surface area contributed by atoms with Gasteiger partial charge in [0.1, 0.15) is 5.75 Å². The van der Waals surface area contributed by atoms with E-state index in [0.29, 0.717) is 19.6 Å². The number of aryl methyl sites for hydroxylation is 1. The Morgan fingerprint density at radius 3 is 2.77 bits per heavy atom. The third-order valence-corrected chi connectivity index (χ3v) is 8.85. The zero-order chi connectivity index (χ0) is 30.1. The topological polar surface area (TPSA) is 70.5 Å². The number of hydrogen-bond donors (Lipinski definition) is 0. The van der Waals surface area contributed by atoms with Gasteiger partial charge in [0.05, 0.1) is 40.2 Å². The number of benzene rings is 2. The molecule has 4 heterocycles. The van der Waals surface area contributed by atoms with Gasteiger partial charge in [-0.1, -0.05) is 19.4 Å². The molecular weight excluding hydrogens is 556 g/mol. The van der Waals surface area contributed by atoms with Crippen LogP contribution in [0.3, 0.4) is 0 Å². The Morgan fingerprint density at radius 1 is 1.14 bits per heavy atom. The number of thiophene rings is 1. The second kappa shape index (κ2) is 12.1. The molecule has 1 aliphatic rings. The van der Waals surface area contributed by atoms with E-state index in [0.717, 1.165) is 79.6 Å². The van der Waals surface area contributed by atoms with Crippen LogP contribution in [0.15, 0.2) is 60.1 Å². The third-order valence-electron chi connectivity index (χ3n) is 7.96. The molecule has 0 radical (unpaired) electrons. The lowest BCUT2D eigenvalue weighted by Gasteiger charge is -2.26. The number of fused-ring (bicyclic) bond motifs is 1. The SMILES string of the molecule is CCCCOC(Cc1c(C)cc2nc(-c3cccs3)ccc2c1-c1ccc2c3c(ccnc13)CCO2)OC(=O)C(C)(C)C. The molecule has 0 saturated heterocycles. The first-order valence-corrected chi connectivity index (χ1v) is 16.0. The molecule has 0 spiro atoms. The van der Waals surface area contributed by atoms with Gasteiger partial charge in [-0.25, -0.2) is 4.98 Å². The molecule has 6 nitrogen and oxygen atoms in total. The zero-order valence-corrected chi connectivity index (χ0v) is 26.3. The van der Waals surface area contributed by atoms with Gasteiger partial charge in [-0.2, -0.15) is 0 Å². The van der Waals surface area contributed by atoms with E-state index >= 15 is 0 Å². The van der Waals surface area contributed by atoms with Crippen LogP contribution in [-0.2, 0) is 27.1 Å². The van der Waals surface area contributed by atoms with Crippen molar-refractivity contribution in [3.8, 4) is 27.4 Å². The van der Waals surface area contributed by atoms with Gasteiger partial charge in [0, 0.05) is 35.4 Å². The molecule has 0 saturated carbocycles. The Balaban J connectivity index is 1.56. The van der Waals surface area contributed by atoms with Crippen molar-refractivity contribution in [3.05, 3.63) is 76.8 Å². The van der Waals surface area contributed by atoms with Gasteiger partial charge >= 0.3 is 5.97 Å². The van der Waals surface area contributed by atoms with Crippen LogP contribution in [0.4, 0.5) is 0 Å². The number of carbonyl (C=O) groups excluding carboxylic acids is 1. The van der Waals surface area contributed by atoms with E-state index in [1.165, 1.54) is 5.56 Å². The number of unbranched alkanes of at least 4 members (excludes halogenated alkanes) is 1. The Hall–Kier alpha value is -3.81. The number of rotatable bonds is 9. The van der Waals surface area contributed by atoms with E-state index in [-0.39, 0.29) is 5.97 Å². The summed E-state index contributed by atoms with van der Waals surface area (Å²) in [5.41, 5.74) is 7.53. The Morgan fingerprint density at radius 2 is 2.00 bits per heavy atom. The quantitative estimate of drug-likeness (QED) is 0.0966. The predicted octanol–water partition coefficient (Wildman–Crippen LogP) is 8.70. The number of nitrogens with zero attached hydrogens (tertiary/aromatic N) is 2. The van der Waals surface area contributed by atoms with Crippen molar-refractivity contribution >= 4 is 39.1 Å². The summed E-state index contributed by atoms with van der Waals surface area (Å²) in [6.45, 7) is 11.0. The van der Waals surface area contributed by atoms with Crippen molar-refractivity contribution in [3.63, 3.8) is 0 Å². The van der Waals surface area contributed by atoms with Crippen LogP contribution in [0.2, 0.25) is 0 Å². The van der Waals surface area contributed by atoms with Gasteiger partial charge in [-0.05, 0) is 104 Å². The summed E-state index contributed by atoms with van der Waals surface area (Å²) in [6, 6.07) is 16.8. The maximum Gasteiger partial charge on any atom is 0.313 e. The third kappa shape index (κ3) is 5.89. The van der Waals surface area contributed by atoms with Crippen LogP contribution in [0.1, 0.15) is 57.2 Å². The lowest BCUT2D eigenvalue weighted by Crippen LogP contribution is -2.31. The molecule has 43 heavy (non-hydrogen) atoms. The molecule has 222 valence electrons. The minimum Gasteiger partial charge on any atom is -0.493 e. The molecule has 0 amide bonds.